The molecule has 0 bridgehead atoms. The van der Waals surface area contributed by atoms with E-state index in [1.807, 2.05) is 28.8 Å². The van der Waals surface area contributed by atoms with Crippen LogP contribution in [0.2, 0.25) is 0 Å². The average Bonchev–Trinajstić information content (AvgIpc) is 3.06. The number of nitrogens with zero attached hydrogens (tertiary/aromatic N) is 2. The fourth-order valence-corrected chi connectivity index (χ4v) is 4.47. The van der Waals surface area contributed by atoms with Crippen LogP contribution in [0.15, 0.2) is 40.9 Å². The molecule has 1 aliphatic rings. The third kappa shape index (κ3) is 4.95. The first-order valence-electron chi connectivity index (χ1n) is 9.93. The first kappa shape index (κ1) is 23.0. The number of benzene rings is 2. The molecule has 3 aromatic rings. The molecule has 0 spiro atoms. The van der Waals surface area contributed by atoms with Crippen LogP contribution in [0, 0.1) is 11.6 Å². The number of imidazole rings is 1. The molecule has 2 aromatic carbocycles. The van der Waals surface area contributed by atoms with E-state index in [1.54, 1.807) is 0 Å². The van der Waals surface area contributed by atoms with Crippen LogP contribution in [0.5, 0.6) is 5.75 Å². The van der Waals surface area contributed by atoms with Crippen molar-refractivity contribution in [1.82, 2.24) is 9.55 Å². The van der Waals surface area contributed by atoms with Crippen LogP contribution in [0.25, 0.3) is 11.0 Å². The fourth-order valence-electron chi connectivity index (χ4n) is 4.07. The van der Waals surface area contributed by atoms with Crippen LogP contribution >= 0.6 is 28.3 Å². The lowest BCUT2D eigenvalue weighted by molar-refractivity contribution is 0.0880. The number of halogens is 4. The Morgan fingerprint density at radius 3 is 2.50 bits per heavy atom. The molecule has 8 heteroatoms. The van der Waals surface area contributed by atoms with Gasteiger partial charge in [-0.05, 0) is 37.1 Å². The number of ether oxygens (including phenoxy) is 1. The summed E-state index contributed by atoms with van der Waals surface area (Å²) in [6, 6.07) is 10.1. The summed E-state index contributed by atoms with van der Waals surface area (Å²) in [6.07, 6.45) is 4.86. The lowest BCUT2D eigenvalue weighted by Gasteiger charge is -2.23. The number of aromatic nitrogens is 2. The largest absolute Gasteiger partial charge is 0.485 e. The second kappa shape index (κ2) is 10.1. The molecule has 1 unspecified atom stereocenters. The average molecular weight is 502 g/mol. The molecule has 162 valence electrons. The Morgan fingerprint density at radius 1 is 1.13 bits per heavy atom. The number of hydrogen-bond acceptors (Lipinski definition) is 3. The topological polar surface area (TPSA) is 47.3 Å². The van der Waals surface area contributed by atoms with Crippen LogP contribution in [-0.4, -0.2) is 27.4 Å². The number of rotatable bonds is 6. The van der Waals surface area contributed by atoms with E-state index in [-0.39, 0.29) is 25.6 Å². The van der Waals surface area contributed by atoms with Crippen molar-refractivity contribution in [2.75, 3.05) is 6.61 Å². The van der Waals surface area contributed by atoms with E-state index in [2.05, 4.69) is 15.9 Å². The molecule has 0 amide bonds. The fraction of sp³-hybridized carbons (Fsp3) is 0.409. The molecule has 0 radical (unpaired) electrons. The molecular weight excluding hydrogens is 478 g/mol. The van der Waals surface area contributed by atoms with Crippen molar-refractivity contribution in [3.05, 3.63) is 58.3 Å². The SMILES string of the molecule is Cl.OC(COc1c(F)cc(Br)cc1F)Cn1c(C2CCCCC2)nc2ccccc21. The number of hydrogen-bond donors (Lipinski definition) is 1. The maximum Gasteiger partial charge on any atom is 0.190 e. The van der Waals surface area contributed by atoms with Crippen molar-refractivity contribution in [2.24, 2.45) is 0 Å². The van der Waals surface area contributed by atoms with Gasteiger partial charge >= 0.3 is 0 Å². The van der Waals surface area contributed by atoms with E-state index >= 15 is 0 Å². The van der Waals surface area contributed by atoms with Crippen molar-refractivity contribution in [1.29, 1.82) is 0 Å². The van der Waals surface area contributed by atoms with Gasteiger partial charge in [-0.2, -0.15) is 0 Å². The number of aliphatic hydroxyl groups is 1. The molecule has 0 aliphatic heterocycles. The lowest BCUT2D eigenvalue weighted by Crippen LogP contribution is -2.26. The van der Waals surface area contributed by atoms with Crippen LogP contribution in [0.1, 0.15) is 43.8 Å². The highest BCUT2D eigenvalue weighted by Crippen LogP contribution is 2.34. The van der Waals surface area contributed by atoms with Gasteiger partial charge in [-0.15, -0.1) is 12.4 Å². The van der Waals surface area contributed by atoms with E-state index in [0.29, 0.717) is 10.4 Å². The van der Waals surface area contributed by atoms with Crippen LogP contribution in [0.3, 0.4) is 0 Å². The molecule has 1 fully saturated rings. The van der Waals surface area contributed by atoms with Gasteiger partial charge in [0.05, 0.1) is 17.6 Å². The first-order chi connectivity index (χ1) is 14.0. The Labute approximate surface area is 188 Å². The minimum Gasteiger partial charge on any atom is -0.485 e. The second-order valence-electron chi connectivity index (χ2n) is 7.57. The van der Waals surface area contributed by atoms with Gasteiger partial charge in [0.25, 0.3) is 0 Å². The highest BCUT2D eigenvalue weighted by atomic mass is 79.9. The Morgan fingerprint density at radius 2 is 1.80 bits per heavy atom. The van der Waals surface area contributed by atoms with Crippen LogP contribution < -0.4 is 4.74 Å². The quantitative estimate of drug-likeness (QED) is 0.451. The van der Waals surface area contributed by atoms with E-state index in [9.17, 15) is 13.9 Å². The van der Waals surface area contributed by atoms with Gasteiger partial charge in [0, 0.05) is 10.4 Å². The molecule has 1 aliphatic carbocycles. The normalized spacial score (nSPS) is 15.7. The van der Waals surface area contributed by atoms with Gasteiger partial charge in [0.2, 0.25) is 0 Å². The summed E-state index contributed by atoms with van der Waals surface area (Å²) in [6.45, 7) is 0.0399. The van der Waals surface area contributed by atoms with E-state index in [1.165, 1.54) is 19.3 Å². The summed E-state index contributed by atoms with van der Waals surface area (Å²) in [5.74, 6) is -0.744. The lowest BCUT2D eigenvalue weighted by atomic mass is 9.88. The van der Waals surface area contributed by atoms with E-state index in [4.69, 9.17) is 9.72 Å². The van der Waals surface area contributed by atoms with Gasteiger partial charge in [-0.1, -0.05) is 47.3 Å². The first-order valence-corrected chi connectivity index (χ1v) is 10.7. The molecule has 1 atom stereocenters. The third-order valence-corrected chi connectivity index (χ3v) is 5.89. The van der Waals surface area contributed by atoms with Crippen LogP contribution in [0.4, 0.5) is 8.78 Å². The Bertz CT molecular complexity index is 985. The molecule has 1 saturated carbocycles. The number of aliphatic hydroxyl groups excluding tert-OH is 1. The summed E-state index contributed by atoms with van der Waals surface area (Å²) in [5.41, 5.74) is 1.85. The monoisotopic (exact) mass is 500 g/mol. The molecule has 1 N–H and O–H groups in total. The Hall–Kier alpha value is -1.70. The second-order valence-corrected chi connectivity index (χ2v) is 8.48. The molecular formula is C22H24BrClF2N2O2. The molecule has 1 heterocycles. The molecule has 4 rings (SSSR count). The smallest absolute Gasteiger partial charge is 0.190 e. The highest BCUT2D eigenvalue weighted by Gasteiger charge is 2.24. The molecule has 4 nitrogen and oxygen atoms in total. The zero-order valence-electron chi connectivity index (χ0n) is 16.4. The summed E-state index contributed by atoms with van der Waals surface area (Å²) >= 11 is 3.04. The van der Waals surface area contributed by atoms with E-state index in [0.717, 1.165) is 41.8 Å². The van der Waals surface area contributed by atoms with E-state index < -0.39 is 23.5 Å². The predicted molar refractivity (Wildman–Crippen MR) is 118 cm³/mol. The predicted octanol–water partition coefficient (Wildman–Crippen LogP) is 5.99. The zero-order chi connectivity index (χ0) is 20.4. The third-order valence-electron chi connectivity index (χ3n) is 5.43. The number of fused-ring (bicyclic) bond motifs is 1. The summed E-state index contributed by atoms with van der Waals surface area (Å²) in [4.78, 5) is 4.83. The maximum absolute atomic E-state index is 14.0. The Kier molecular flexibility index (Phi) is 7.71. The summed E-state index contributed by atoms with van der Waals surface area (Å²) in [5, 5.41) is 10.6. The zero-order valence-corrected chi connectivity index (χ0v) is 18.8. The minimum absolute atomic E-state index is 0. The Balaban J connectivity index is 0.00000256. The van der Waals surface area contributed by atoms with Gasteiger partial charge in [0.1, 0.15) is 18.5 Å². The van der Waals surface area contributed by atoms with Crippen molar-refractivity contribution >= 4 is 39.4 Å². The molecule has 30 heavy (non-hydrogen) atoms. The van der Waals surface area contributed by atoms with Crippen LogP contribution in [-0.2, 0) is 6.54 Å². The highest BCUT2D eigenvalue weighted by molar-refractivity contribution is 9.10. The van der Waals surface area contributed by atoms with Crippen molar-refractivity contribution in [2.45, 2.75) is 50.7 Å². The summed E-state index contributed by atoms with van der Waals surface area (Å²) in [7, 11) is 0. The maximum atomic E-state index is 14.0. The van der Waals surface area contributed by atoms with Crippen molar-refractivity contribution < 1.29 is 18.6 Å². The van der Waals surface area contributed by atoms with Gasteiger partial charge < -0.3 is 14.4 Å². The van der Waals surface area contributed by atoms with Crippen molar-refractivity contribution in [3.63, 3.8) is 0 Å². The number of para-hydroxylation sites is 2. The summed E-state index contributed by atoms with van der Waals surface area (Å²) < 4.78 is 35.5. The van der Waals surface area contributed by atoms with Gasteiger partial charge in [0.15, 0.2) is 17.4 Å². The van der Waals surface area contributed by atoms with Crippen molar-refractivity contribution in [3.8, 4) is 5.75 Å². The minimum atomic E-state index is -0.933. The van der Waals surface area contributed by atoms with Gasteiger partial charge in [-0.25, -0.2) is 13.8 Å². The molecule has 0 saturated heterocycles. The van der Waals surface area contributed by atoms with Gasteiger partial charge in [-0.3, -0.25) is 0 Å². The molecule has 1 aromatic heterocycles. The standard InChI is InChI=1S/C22H23BrF2N2O2.ClH/c23-15-10-17(24)21(18(25)11-15)29-13-16(28)12-27-20-9-5-4-8-19(20)26-22(27)14-6-2-1-3-7-14;/h4-5,8-11,14,16,28H,1-3,6-7,12-13H2;1H.